The van der Waals surface area contributed by atoms with Crippen molar-refractivity contribution in [3.8, 4) is 0 Å². The molecular formula is C34H28F3N7O3. The highest BCUT2D eigenvalue weighted by molar-refractivity contribution is 6.06. The standard InChI is InChI=1S/C34H28F3N7O3/c35-34(36,37)22-6-3-18(4-7-22)15-43-17-24-19(5-8-26-23(24)14-40-42-26)10-28(31(43)46)44-16-21-13-33(12-20(21)11-27(44)29(38)45)25-2-1-9-39-30(25)41-32(33)47/h1-9,11,14,28H,10,12-13,15-17H2,(H2,38,45)(H,40,42)(H,39,41,47)/t28-,33?/m1/s1. The number of H-pyrrole nitrogens is 1. The van der Waals surface area contributed by atoms with Gasteiger partial charge in [-0.15, -0.1) is 0 Å². The number of aromatic nitrogens is 3. The van der Waals surface area contributed by atoms with E-state index in [-0.39, 0.29) is 43.6 Å². The molecule has 0 radical (unpaired) electrons. The van der Waals surface area contributed by atoms with Crippen molar-refractivity contribution < 1.29 is 27.6 Å². The number of carbonyl (C=O) groups excluding carboxylic acids is 3. The number of alkyl halides is 3. The van der Waals surface area contributed by atoms with Gasteiger partial charge in [0.15, 0.2) is 0 Å². The fourth-order valence-corrected chi connectivity index (χ4v) is 7.59. The third-order valence-corrected chi connectivity index (χ3v) is 9.91. The quantitative estimate of drug-likeness (QED) is 0.308. The number of halogens is 3. The maximum absolute atomic E-state index is 14.6. The molecule has 3 amide bonds. The molecule has 2 aromatic carbocycles. The van der Waals surface area contributed by atoms with Crippen molar-refractivity contribution in [1.29, 1.82) is 0 Å². The zero-order chi connectivity index (χ0) is 32.7. The fourth-order valence-electron chi connectivity index (χ4n) is 7.59. The number of hydrogen-bond acceptors (Lipinski definition) is 6. The van der Waals surface area contributed by atoms with Crippen LogP contribution in [-0.2, 0) is 45.5 Å². The monoisotopic (exact) mass is 639 g/mol. The highest BCUT2D eigenvalue weighted by Gasteiger charge is 2.53. The van der Waals surface area contributed by atoms with Crippen molar-refractivity contribution in [3.05, 3.63) is 112 Å². The molecular weight excluding hydrogens is 611 g/mol. The third-order valence-electron chi connectivity index (χ3n) is 9.91. The Labute approximate surface area is 266 Å². The van der Waals surface area contributed by atoms with Gasteiger partial charge in [0.1, 0.15) is 17.6 Å². The average molecular weight is 640 g/mol. The van der Waals surface area contributed by atoms with Crippen LogP contribution in [-0.4, -0.2) is 55.3 Å². The molecule has 1 aliphatic carbocycles. The predicted octanol–water partition coefficient (Wildman–Crippen LogP) is 4.10. The molecule has 0 saturated heterocycles. The Morgan fingerprint density at radius 2 is 1.87 bits per heavy atom. The highest BCUT2D eigenvalue weighted by Crippen LogP contribution is 2.52. The van der Waals surface area contributed by atoms with E-state index in [1.54, 1.807) is 34.3 Å². The summed E-state index contributed by atoms with van der Waals surface area (Å²) in [6, 6.07) is 11.4. The van der Waals surface area contributed by atoms with E-state index >= 15 is 0 Å². The van der Waals surface area contributed by atoms with E-state index < -0.39 is 29.1 Å². The van der Waals surface area contributed by atoms with Crippen LogP contribution in [0.15, 0.2) is 83.8 Å². The van der Waals surface area contributed by atoms with Gasteiger partial charge in [-0.05, 0) is 71.0 Å². The van der Waals surface area contributed by atoms with Crippen LogP contribution in [0.3, 0.4) is 0 Å². The number of aromatic amines is 1. The zero-order valence-corrected chi connectivity index (χ0v) is 24.9. The first-order chi connectivity index (χ1) is 22.5. The van der Waals surface area contributed by atoms with E-state index in [0.717, 1.165) is 50.9 Å². The van der Waals surface area contributed by atoms with E-state index in [4.69, 9.17) is 5.73 Å². The van der Waals surface area contributed by atoms with Crippen molar-refractivity contribution in [2.75, 3.05) is 11.9 Å². The van der Waals surface area contributed by atoms with Crippen LogP contribution in [0.25, 0.3) is 10.9 Å². The average Bonchev–Trinajstić information content (AvgIpc) is 3.72. The van der Waals surface area contributed by atoms with E-state index in [2.05, 4.69) is 20.5 Å². The lowest BCUT2D eigenvalue weighted by Crippen LogP contribution is -2.51. The fraction of sp³-hybridized carbons (Fsp3) is 0.265. The normalized spacial score (nSPS) is 22.3. The number of amides is 3. The van der Waals surface area contributed by atoms with E-state index in [0.29, 0.717) is 24.2 Å². The molecule has 10 nitrogen and oxygen atoms in total. The Morgan fingerprint density at radius 1 is 1.06 bits per heavy atom. The highest BCUT2D eigenvalue weighted by atomic mass is 19.4. The minimum absolute atomic E-state index is 0.0472. The van der Waals surface area contributed by atoms with Crippen LogP contribution in [0.2, 0.25) is 0 Å². The molecule has 1 spiro atoms. The number of allylic oxidation sites excluding steroid dienone is 2. The number of nitrogens with one attached hydrogen (secondary N) is 2. The minimum atomic E-state index is -4.48. The van der Waals surface area contributed by atoms with Crippen molar-refractivity contribution in [2.45, 2.75) is 50.0 Å². The van der Waals surface area contributed by atoms with Crippen molar-refractivity contribution in [1.82, 2.24) is 25.0 Å². The smallest absolute Gasteiger partial charge is 0.364 e. The van der Waals surface area contributed by atoms with Gasteiger partial charge in [0.05, 0.1) is 22.7 Å². The summed E-state index contributed by atoms with van der Waals surface area (Å²) in [7, 11) is 0. The van der Waals surface area contributed by atoms with Gasteiger partial charge in [-0.25, -0.2) is 4.98 Å². The predicted molar refractivity (Wildman–Crippen MR) is 164 cm³/mol. The van der Waals surface area contributed by atoms with Crippen molar-refractivity contribution >= 4 is 34.4 Å². The van der Waals surface area contributed by atoms with Crippen LogP contribution >= 0.6 is 0 Å². The molecule has 0 bridgehead atoms. The molecule has 2 aromatic heterocycles. The van der Waals surface area contributed by atoms with Crippen LogP contribution in [0.5, 0.6) is 0 Å². The molecule has 8 rings (SSSR count). The second-order valence-corrected chi connectivity index (χ2v) is 12.6. The lowest BCUT2D eigenvalue weighted by molar-refractivity contribution is -0.138. The van der Waals surface area contributed by atoms with Gasteiger partial charge in [0.2, 0.25) is 11.8 Å². The molecule has 47 heavy (non-hydrogen) atoms. The number of nitrogens with two attached hydrogens (primary N) is 1. The molecule has 0 fully saturated rings. The lowest BCUT2D eigenvalue weighted by Gasteiger charge is -2.37. The van der Waals surface area contributed by atoms with Crippen molar-refractivity contribution in [3.63, 3.8) is 0 Å². The second-order valence-electron chi connectivity index (χ2n) is 12.6. The number of rotatable bonds is 4. The van der Waals surface area contributed by atoms with Gasteiger partial charge in [0, 0.05) is 43.2 Å². The summed E-state index contributed by atoms with van der Waals surface area (Å²) in [5.41, 5.74) is 10.1. The SMILES string of the molecule is NC(=O)C1=CC2=C(CN1[C@@H]1Cc3ccc4[nH]ncc4c3CN(Cc3ccc(C(F)(F)F)cc3)C1=O)CC1(C2)C(=O)Nc2ncccc21. The van der Waals surface area contributed by atoms with Gasteiger partial charge in [-0.3, -0.25) is 19.5 Å². The maximum atomic E-state index is 14.6. The number of pyridine rings is 1. The van der Waals surface area contributed by atoms with Gasteiger partial charge >= 0.3 is 6.18 Å². The first-order valence-electron chi connectivity index (χ1n) is 15.2. The largest absolute Gasteiger partial charge is 0.416 e. The molecule has 1 unspecified atom stereocenters. The zero-order valence-electron chi connectivity index (χ0n) is 24.9. The summed E-state index contributed by atoms with van der Waals surface area (Å²) in [4.78, 5) is 48.6. The Balaban J connectivity index is 1.17. The Bertz CT molecular complexity index is 2070. The van der Waals surface area contributed by atoms with E-state index in [1.807, 2.05) is 18.2 Å². The second kappa shape index (κ2) is 10.3. The van der Waals surface area contributed by atoms with Gasteiger partial charge in [-0.1, -0.05) is 24.3 Å². The van der Waals surface area contributed by atoms with Gasteiger partial charge in [0.25, 0.3) is 5.91 Å². The summed E-state index contributed by atoms with van der Waals surface area (Å²) < 4.78 is 39.8. The van der Waals surface area contributed by atoms with Crippen LogP contribution in [0, 0.1) is 0 Å². The molecule has 2 atom stereocenters. The molecule has 3 aliphatic heterocycles. The summed E-state index contributed by atoms with van der Waals surface area (Å²) in [5, 5.41) is 10.9. The number of hydrogen-bond donors (Lipinski definition) is 3. The molecule has 238 valence electrons. The minimum Gasteiger partial charge on any atom is -0.364 e. The van der Waals surface area contributed by atoms with Crippen molar-refractivity contribution in [2.24, 2.45) is 5.73 Å². The first kappa shape index (κ1) is 29.0. The Kier molecular flexibility index (Phi) is 6.33. The van der Waals surface area contributed by atoms with Crippen LogP contribution in [0.1, 0.15) is 40.7 Å². The third kappa shape index (κ3) is 4.59. The van der Waals surface area contributed by atoms with Gasteiger partial charge in [-0.2, -0.15) is 18.3 Å². The molecule has 4 aromatic rings. The van der Waals surface area contributed by atoms with Gasteiger partial charge < -0.3 is 20.9 Å². The van der Waals surface area contributed by atoms with E-state index in [9.17, 15) is 27.6 Å². The summed E-state index contributed by atoms with van der Waals surface area (Å²) in [5.74, 6) is -0.636. The molecule has 4 aliphatic rings. The van der Waals surface area contributed by atoms with Crippen LogP contribution < -0.4 is 11.1 Å². The first-order valence-corrected chi connectivity index (χ1v) is 15.2. The molecule has 5 heterocycles. The Morgan fingerprint density at radius 3 is 2.64 bits per heavy atom. The molecule has 4 N–H and O–H groups in total. The number of nitrogens with zero attached hydrogens (tertiary/aromatic N) is 4. The number of carbonyl (C=O) groups is 3. The summed E-state index contributed by atoms with van der Waals surface area (Å²) in [6.07, 6.45) is 1.56. The number of benzene rings is 2. The summed E-state index contributed by atoms with van der Waals surface area (Å²) in [6.45, 7) is 0.446. The molecule has 13 heteroatoms. The molecule has 0 saturated carbocycles. The van der Waals surface area contributed by atoms with Crippen LogP contribution in [0.4, 0.5) is 19.0 Å². The lowest BCUT2D eigenvalue weighted by atomic mass is 9.78. The topological polar surface area (TPSA) is 137 Å². The number of fused-ring (bicyclic) bond motifs is 5. The maximum Gasteiger partial charge on any atom is 0.416 e. The van der Waals surface area contributed by atoms with E-state index in [1.165, 1.54) is 12.1 Å². The Hall–Kier alpha value is -5.46. The number of primary amides is 1. The number of anilines is 1. The summed E-state index contributed by atoms with van der Waals surface area (Å²) >= 11 is 0.